The van der Waals surface area contributed by atoms with Crippen LogP contribution < -0.4 is 15.2 Å². The molecule has 1 saturated heterocycles. The second-order valence-electron chi connectivity index (χ2n) is 8.75. The van der Waals surface area contributed by atoms with Crippen LogP contribution in [-0.4, -0.2) is 29.7 Å². The molecule has 0 radical (unpaired) electrons. The maximum atomic E-state index is 14.2. The maximum Gasteiger partial charge on any atom is 0.296 e. The van der Waals surface area contributed by atoms with E-state index in [4.69, 9.17) is 16.3 Å². The van der Waals surface area contributed by atoms with Gasteiger partial charge in [0.15, 0.2) is 11.4 Å². The van der Waals surface area contributed by atoms with E-state index in [1.54, 1.807) is 54.1 Å². The molecule has 5 rings (SSSR count). The largest absolute Gasteiger partial charge is 0.497 e. The quantitative estimate of drug-likeness (QED) is 0.144. The number of anilines is 1. The van der Waals surface area contributed by atoms with Gasteiger partial charge in [-0.2, -0.15) is 0 Å². The molecule has 0 saturated carbocycles. The summed E-state index contributed by atoms with van der Waals surface area (Å²) in [4.78, 5) is 27.4. The zero-order valence-electron chi connectivity index (χ0n) is 20.6. The molecule has 192 valence electrons. The maximum absolute atomic E-state index is 14.2. The van der Waals surface area contributed by atoms with Crippen molar-refractivity contribution < 1.29 is 9.66 Å². The number of azo groups is 1. The molecule has 38 heavy (non-hydrogen) atoms. The van der Waals surface area contributed by atoms with Crippen LogP contribution in [0, 0.1) is 10.1 Å². The summed E-state index contributed by atoms with van der Waals surface area (Å²) in [6.07, 6.45) is 2.03. The van der Waals surface area contributed by atoms with Crippen LogP contribution in [0.25, 0.3) is 16.8 Å². The van der Waals surface area contributed by atoms with Gasteiger partial charge in [0.05, 0.1) is 17.7 Å². The summed E-state index contributed by atoms with van der Waals surface area (Å²) in [5, 5.41) is 20.5. The summed E-state index contributed by atoms with van der Waals surface area (Å²) in [6, 6.07) is 22.3. The summed E-state index contributed by atoms with van der Waals surface area (Å²) in [6.45, 7) is 1.61. The first-order valence-corrected chi connectivity index (χ1v) is 12.4. The number of pyridine rings is 1. The summed E-state index contributed by atoms with van der Waals surface area (Å²) < 4.78 is 6.88. The van der Waals surface area contributed by atoms with Crippen molar-refractivity contribution in [2.75, 3.05) is 25.1 Å². The molecule has 0 spiro atoms. The highest BCUT2D eigenvalue weighted by atomic mass is 35.5. The Hall–Kier alpha value is -4.50. The van der Waals surface area contributed by atoms with E-state index in [9.17, 15) is 14.9 Å². The highest BCUT2D eigenvalue weighted by molar-refractivity contribution is 6.30. The normalized spacial score (nSPS) is 13.3. The molecule has 9 nitrogen and oxygen atoms in total. The van der Waals surface area contributed by atoms with Crippen molar-refractivity contribution in [3.8, 4) is 22.6 Å². The van der Waals surface area contributed by atoms with Crippen molar-refractivity contribution in [1.29, 1.82) is 0 Å². The van der Waals surface area contributed by atoms with Crippen molar-refractivity contribution in [3.05, 3.63) is 104 Å². The summed E-state index contributed by atoms with van der Waals surface area (Å²) in [7, 11) is 1.58. The van der Waals surface area contributed by atoms with E-state index >= 15 is 0 Å². The first kappa shape index (κ1) is 25.2. The smallest absolute Gasteiger partial charge is 0.296 e. The Morgan fingerprint density at radius 1 is 0.947 bits per heavy atom. The van der Waals surface area contributed by atoms with E-state index in [0.717, 1.165) is 31.5 Å². The van der Waals surface area contributed by atoms with Gasteiger partial charge < -0.3 is 9.64 Å². The molecule has 0 bridgehead atoms. The van der Waals surface area contributed by atoms with Crippen LogP contribution in [0.1, 0.15) is 12.8 Å². The van der Waals surface area contributed by atoms with Gasteiger partial charge in [0, 0.05) is 29.7 Å². The minimum atomic E-state index is -0.528. The van der Waals surface area contributed by atoms with Crippen LogP contribution in [0.4, 0.5) is 22.9 Å². The molecule has 0 atom stereocenters. The van der Waals surface area contributed by atoms with Crippen LogP contribution in [0.15, 0.2) is 93.9 Å². The lowest BCUT2D eigenvalue weighted by molar-refractivity contribution is -0.384. The number of nitrogens with zero attached hydrogens (tertiary/aromatic N) is 5. The minimum Gasteiger partial charge on any atom is -0.497 e. The SMILES string of the molecule is COc1ccc(-c2cc(N3CCCC3)n(-c3cccc(Cl)c3)c(=O)c2N=Nc2ccccc2[N+](=O)[O-])cc1. The number of rotatable bonds is 7. The third-order valence-electron chi connectivity index (χ3n) is 6.40. The molecule has 1 fully saturated rings. The Bertz CT molecular complexity index is 1580. The van der Waals surface area contributed by atoms with Crippen LogP contribution >= 0.6 is 11.6 Å². The Labute approximate surface area is 223 Å². The van der Waals surface area contributed by atoms with E-state index in [1.165, 1.54) is 12.1 Å². The van der Waals surface area contributed by atoms with Gasteiger partial charge in [-0.3, -0.25) is 19.5 Å². The molecule has 2 heterocycles. The molecule has 1 aliphatic rings. The second kappa shape index (κ2) is 10.9. The average molecular weight is 530 g/mol. The van der Waals surface area contributed by atoms with Crippen molar-refractivity contribution in [1.82, 2.24) is 4.57 Å². The number of benzene rings is 3. The molecule has 0 amide bonds. The number of methoxy groups -OCH3 is 1. The molecule has 4 aromatic rings. The van der Waals surface area contributed by atoms with Crippen molar-refractivity contribution in [2.45, 2.75) is 12.8 Å². The van der Waals surface area contributed by atoms with Crippen LogP contribution in [0.5, 0.6) is 5.75 Å². The number of nitro benzene ring substituents is 1. The molecule has 10 heteroatoms. The Kier molecular flexibility index (Phi) is 7.19. The van der Waals surface area contributed by atoms with Crippen LogP contribution in [0.3, 0.4) is 0 Å². The van der Waals surface area contributed by atoms with Crippen LogP contribution in [0.2, 0.25) is 5.02 Å². The zero-order valence-corrected chi connectivity index (χ0v) is 21.3. The standard InChI is InChI=1S/C28H24ClN5O4/c1-38-22-13-11-19(12-14-22)23-18-26(32-15-4-5-16-32)33(21-8-6-7-20(29)17-21)28(35)27(23)31-30-24-9-2-3-10-25(24)34(36)37/h2-3,6-14,17-18H,4-5,15-16H2,1H3. The summed E-state index contributed by atoms with van der Waals surface area (Å²) in [5.41, 5.74) is 1.37. The van der Waals surface area contributed by atoms with E-state index in [-0.39, 0.29) is 17.1 Å². The molecule has 3 aromatic carbocycles. The van der Waals surface area contributed by atoms with E-state index in [2.05, 4.69) is 15.1 Å². The lowest BCUT2D eigenvalue weighted by atomic mass is 10.0. The van der Waals surface area contributed by atoms with Gasteiger partial charge in [-0.15, -0.1) is 10.2 Å². The number of para-hydroxylation sites is 1. The molecule has 1 aromatic heterocycles. The van der Waals surface area contributed by atoms with E-state index in [0.29, 0.717) is 27.8 Å². The van der Waals surface area contributed by atoms with Crippen molar-refractivity contribution in [2.24, 2.45) is 10.2 Å². The number of aromatic nitrogens is 1. The fraction of sp³-hybridized carbons (Fsp3) is 0.179. The fourth-order valence-electron chi connectivity index (χ4n) is 4.53. The Morgan fingerprint density at radius 2 is 1.68 bits per heavy atom. The Morgan fingerprint density at radius 3 is 2.37 bits per heavy atom. The van der Waals surface area contributed by atoms with Crippen molar-refractivity contribution >= 4 is 34.5 Å². The van der Waals surface area contributed by atoms with Crippen LogP contribution in [-0.2, 0) is 0 Å². The molecule has 1 aliphatic heterocycles. The second-order valence-corrected chi connectivity index (χ2v) is 9.19. The fourth-order valence-corrected chi connectivity index (χ4v) is 4.71. The van der Waals surface area contributed by atoms with Gasteiger partial charge in [0.1, 0.15) is 11.6 Å². The minimum absolute atomic E-state index is 0.0514. The highest BCUT2D eigenvalue weighted by Gasteiger charge is 2.23. The number of hydrogen-bond donors (Lipinski definition) is 0. The van der Waals surface area contributed by atoms with Crippen molar-refractivity contribution in [3.63, 3.8) is 0 Å². The molecule has 0 aliphatic carbocycles. The lowest BCUT2D eigenvalue weighted by Gasteiger charge is -2.24. The van der Waals surface area contributed by atoms with Gasteiger partial charge >= 0.3 is 0 Å². The molecular formula is C28H24ClN5O4. The molecule has 0 unspecified atom stereocenters. The average Bonchev–Trinajstić information content (AvgIpc) is 3.47. The number of hydrogen-bond acceptors (Lipinski definition) is 7. The first-order valence-electron chi connectivity index (χ1n) is 12.1. The van der Waals surface area contributed by atoms with Gasteiger partial charge in [-0.25, -0.2) is 0 Å². The summed E-state index contributed by atoms with van der Waals surface area (Å²) in [5.74, 6) is 1.38. The zero-order chi connectivity index (χ0) is 26.6. The molecule has 0 N–H and O–H groups in total. The predicted octanol–water partition coefficient (Wildman–Crippen LogP) is 7.09. The van der Waals surface area contributed by atoms with Gasteiger partial charge in [0.25, 0.3) is 11.2 Å². The highest BCUT2D eigenvalue weighted by Crippen LogP contribution is 2.36. The van der Waals surface area contributed by atoms with Gasteiger partial charge in [0.2, 0.25) is 0 Å². The third-order valence-corrected chi connectivity index (χ3v) is 6.63. The monoisotopic (exact) mass is 529 g/mol. The Balaban J connectivity index is 1.78. The lowest BCUT2D eigenvalue weighted by Crippen LogP contribution is -2.29. The number of halogens is 1. The summed E-state index contributed by atoms with van der Waals surface area (Å²) >= 11 is 6.30. The van der Waals surface area contributed by atoms with E-state index in [1.807, 2.05) is 24.3 Å². The third kappa shape index (κ3) is 5.01. The number of nitro groups is 1. The van der Waals surface area contributed by atoms with Gasteiger partial charge in [-0.05, 0) is 60.9 Å². The predicted molar refractivity (Wildman–Crippen MR) is 148 cm³/mol. The topological polar surface area (TPSA) is 102 Å². The van der Waals surface area contributed by atoms with E-state index < -0.39 is 10.5 Å². The number of ether oxygens (including phenoxy) is 1. The first-order chi connectivity index (χ1) is 18.5. The molecular weight excluding hydrogens is 506 g/mol. The van der Waals surface area contributed by atoms with Gasteiger partial charge in [-0.1, -0.05) is 41.9 Å².